The van der Waals surface area contributed by atoms with Crippen molar-refractivity contribution in [1.82, 2.24) is 19.3 Å². The SMILES string of the molecule is Cc1nn(C)c2c1nc(CCCl)n2C(C)CCC(C)C. The highest BCUT2D eigenvalue weighted by Gasteiger charge is 2.20. The molecule has 0 amide bonds. The highest BCUT2D eigenvalue weighted by molar-refractivity contribution is 6.17. The maximum absolute atomic E-state index is 5.94. The summed E-state index contributed by atoms with van der Waals surface area (Å²) in [6.45, 7) is 8.82. The van der Waals surface area contributed by atoms with Crippen molar-refractivity contribution in [2.24, 2.45) is 13.0 Å². The predicted molar refractivity (Wildman–Crippen MR) is 84.4 cm³/mol. The first kappa shape index (κ1) is 15.4. The van der Waals surface area contributed by atoms with Gasteiger partial charge in [0.2, 0.25) is 0 Å². The van der Waals surface area contributed by atoms with Crippen molar-refractivity contribution in [2.75, 3.05) is 5.88 Å². The summed E-state index contributed by atoms with van der Waals surface area (Å²) in [6.07, 6.45) is 3.18. The Hall–Kier alpha value is -1.03. The minimum Gasteiger partial charge on any atom is -0.310 e. The van der Waals surface area contributed by atoms with E-state index in [1.165, 1.54) is 6.42 Å². The molecule has 0 aromatic carbocycles. The average molecular weight is 297 g/mol. The summed E-state index contributed by atoms with van der Waals surface area (Å²) in [4.78, 5) is 4.77. The van der Waals surface area contributed by atoms with Crippen LogP contribution in [-0.4, -0.2) is 25.2 Å². The summed E-state index contributed by atoms with van der Waals surface area (Å²) < 4.78 is 4.28. The smallest absolute Gasteiger partial charge is 0.158 e. The molecule has 0 saturated heterocycles. The van der Waals surface area contributed by atoms with Gasteiger partial charge in [0, 0.05) is 25.4 Å². The van der Waals surface area contributed by atoms with Gasteiger partial charge in [-0.05, 0) is 32.6 Å². The molecule has 0 aliphatic heterocycles. The van der Waals surface area contributed by atoms with Crippen molar-refractivity contribution >= 4 is 22.8 Å². The Morgan fingerprint density at radius 1 is 1.20 bits per heavy atom. The van der Waals surface area contributed by atoms with Gasteiger partial charge in [0.1, 0.15) is 11.3 Å². The molecule has 0 spiro atoms. The van der Waals surface area contributed by atoms with Gasteiger partial charge < -0.3 is 4.57 Å². The molecule has 112 valence electrons. The summed E-state index contributed by atoms with van der Waals surface area (Å²) in [5.74, 6) is 2.41. The lowest BCUT2D eigenvalue weighted by atomic mass is 10.0. The molecule has 2 heterocycles. The Morgan fingerprint density at radius 2 is 1.90 bits per heavy atom. The van der Waals surface area contributed by atoms with Crippen molar-refractivity contribution in [2.45, 2.75) is 53.0 Å². The van der Waals surface area contributed by atoms with Gasteiger partial charge in [0.25, 0.3) is 0 Å². The second-order valence-corrected chi connectivity index (χ2v) is 6.42. The Morgan fingerprint density at radius 3 is 2.50 bits per heavy atom. The van der Waals surface area contributed by atoms with Crippen molar-refractivity contribution in [3.63, 3.8) is 0 Å². The molecule has 0 fully saturated rings. The number of fused-ring (bicyclic) bond motifs is 1. The van der Waals surface area contributed by atoms with Gasteiger partial charge in [-0.2, -0.15) is 5.10 Å². The van der Waals surface area contributed by atoms with E-state index in [2.05, 4.69) is 30.4 Å². The second kappa shape index (κ2) is 6.17. The maximum atomic E-state index is 5.94. The predicted octanol–water partition coefficient (Wildman–Crippen LogP) is 3.86. The molecule has 0 N–H and O–H groups in total. The van der Waals surface area contributed by atoms with E-state index in [9.17, 15) is 0 Å². The first-order chi connectivity index (χ1) is 9.45. The van der Waals surface area contributed by atoms with Gasteiger partial charge in [-0.25, -0.2) is 4.98 Å². The minimum absolute atomic E-state index is 0.426. The third-order valence-electron chi connectivity index (χ3n) is 3.83. The molecule has 1 atom stereocenters. The Kier molecular flexibility index (Phi) is 4.74. The van der Waals surface area contributed by atoms with Gasteiger partial charge in [-0.15, -0.1) is 11.6 Å². The zero-order valence-electron chi connectivity index (χ0n) is 13.1. The standard InChI is InChI=1S/C15H25ClN4/c1-10(2)6-7-11(3)20-13(8-9-16)17-14-12(4)18-19(5)15(14)20/h10-11H,6-9H2,1-5H3. The lowest BCUT2D eigenvalue weighted by Crippen LogP contribution is -2.13. The van der Waals surface area contributed by atoms with Crippen LogP contribution in [0.25, 0.3) is 11.2 Å². The lowest BCUT2D eigenvalue weighted by molar-refractivity contribution is 0.433. The molecular formula is C15H25ClN4. The number of aromatic nitrogens is 4. The summed E-state index contributed by atoms with van der Waals surface area (Å²) in [5, 5.41) is 4.49. The fraction of sp³-hybridized carbons (Fsp3) is 0.733. The molecule has 0 bridgehead atoms. The van der Waals surface area contributed by atoms with Crippen LogP contribution in [0, 0.1) is 12.8 Å². The molecule has 4 nitrogen and oxygen atoms in total. The van der Waals surface area contributed by atoms with E-state index in [-0.39, 0.29) is 0 Å². The second-order valence-electron chi connectivity index (χ2n) is 6.04. The topological polar surface area (TPSA) is 35.6 Å². The third kappa shape index (κ3) is 2.85. The third-order valence-corrected chi connectivity index (χ3v) is 4.02. The number of alkyl halides is 1. The van der Waals surface area contributed by atoms with Crippen LogP contribution in [0.1, 0.15) is 51.2 Å². The average Bonchev–Trinajstić information content (AvgIpc) is 2.87. The molecule has 0 aliphatic rings. The summed E-state index contributed by atoms with van der Waals surface area (Å²) in [5.41, 5.74) is 3.14. The van der Waals surface area contributed by atoms with Gasteiger partial charge in [0.05, 0.1) is 5.69 Å². The monoisotopic (exact) mass is 296 g/mol. The molecule has 1 unspecified atom stereocenters. The van der Waals surface area contributed by atoms with E-state index in [0.717, 1.165) is 41.4 Å². The normalized spacial score (nSPS) is 13.6. The van der Waals surface area contributed by atoms with Crippen molar-refractivity contribution in [3.05, 3.63) is 11.5 Å². The molecular weight excluding hydrogens is 272 g/mol. The number of rotatable bonds is 6. The number of nitrogens with zero attached hydrogens (tertiary/aromatic N) is 4. The molecule has 0 saturated carbocycles. The van der Waals surface area contributed by atoms with Crippen LogP contribution in [0.4, 0.5) is 0 Å². The number of imidazole rings is 1. The molecule has 20 heavy (non-hydrogen) atoms. The summed E-state index contributed by atoms with van der Waals surface area (Å²) >= 11 is 5.94. The fourth-order valence-electron chi connectivity index (χ4n) is 2.77. The van der Waals surface area contributed by atoms with Crippen LogP contribution in [0.3, 0.4) is 0 Å². The maximum Gasteiger partial charge on any atom is 0.158 e. The van der Waals surface area contributed by atoms with Crippen LogP contribution in [0.2, 0.25) is 0 Å². The number of aryl methyl sites for hydroxylation is 3. The Bertz CT molecular complexity index is 582. The quantitative estimate of drug-likeness (QED) is 0.759. The Labute approximate surface area is 126 Å². The van der Waals surface area contributed by atoms with E-state index in [0.29, 0.717) is 11.9 Å². The van der Waals surface area contributed by atoms with Crippen molar-refractivity contribution in [3.8, 4) is 0 Å². The van der Waals surface area contributed by atoms with E-state index >= 15 is 0 Å². The van der Waals surface area contributed by atoms with Gasteiger partial charge >= 0.3 is 0 Å². The first-order valence-corrected chi connectivity index (χ1v) is 7.95. The van der Waals surface area contributed by atoms with E-state index in [1.807, 2.05) is 18.7 Å². The van der Waals surface area contributed by atoms with Crippen LogP contribution in [-0.2, 0) is 13.5 Å². The molecule has 0 radical (unpaired) electrons. The largest absolute Gasteiger partial charge is 0.310 e. The fourth-order valence-corrected chi connectivity index (χ4v) is 2.94. The van der Waals surface area contributed by atoms with Crippen LogP contribution >= 0.6 is 11.6 Å². The van der Waals surface area contributed by atoms with Gasteiger partial charge in [0.15, 0.2) is 5.65 Å². The zero-order valence-corrected chi connectivity index (χ0v) is 13.9. The minimum atomic E-state index is 0.426. The molecule has 5 heteroatoms. The van der Waals surface area contributed by atoms with Crippen LogP contribution in [0.15, 0.2) is 0 Å². The molecule has 2 rings (SSSR count). The number of hydrogen-bond acceptors (Lipinski definition) is 2. The molecule has 2 aromatic heterocycles. The number of hydrogen-bond donors (Lipinski definition) is 0. The first-order valence-electron chi connectivity index (χ1n) is 7.42. The van der Waals surface area contributed by atoms with Gasteiger partial charge in [-0.1, -0.05) is 13.8 Å². The van der Waals surface area contributed by atoms with Crippen molar-refractivity contribution < 1.29 is 0 Å². The van der Waals surface area contributed by atoms with Crippen LogP contribution < -0.4 is 0 Å². The number of halogens is 1. The van der Waals surface area contributed by atoms with Crippen LogP contribution in [0.5, 0.6) is 0 Å². The highest BCUT2D eigenvalue weighted by atomic mass is 35.5. The van der Waals surface area contributed by atoms with Gasteiger partial charge in [-0.3, -0.25) is 4.68 Å². The lowest BCUT2D eigenvalue weighted by Gasteiger charge is -2.18. The zero-order chi connectivity index (χ0) is 14.9. The molecule has 2 aromatic rings. The summed E-state index contributed by atoms with van der Waals surface area (Å²) in [7, 11) is 1.99. The highest BCUT2D eigenvalue weighted by Crippen LogP contribution is 2.27. The Balaban J connectivity index is 2.44. The summed E-state index contributed by atoms with van der Waals surface area (Å²) in [6, 6.07) is 0.426. The van der Waals surface area contributed by atoms with E-state index in [4.69, 9.17) is 16.6 Å². The molecule has 0 aliphatic carbocycles. The van der Waals surface area contributed by atoms with E-state index < -0.39 is 0 Å². The van der Waals surface area contributed by atoms with E-state index in [1.54, 1.807) is 0 Å². The van der Waals surface area contributed by atoms with Crippen molar-refractivity contribution in [1.29, 1.82) is 0 Å².